The molecule has 1 aromatic heterocycles. The number of H-pyrrole nitrogens is 1. The van der Waals surface area contributed by atoms with Crippen LogP contribution >= 0.6 is 0 Å². The van der Waals surface area contributed by atoms with E-state index in [9.17, 15) is 14.7 Å². The molecule has 1 atom stereocenters. The summed E-state index contributed by atoms with van der Waals surface area (Å²) < 4.78 is 16.0. The third-order valence-electron chi connectivity index (χ3n) is 6.78. The lowest BCUT2D eigenvalue weighted by molar-refractivity contribution is -0.132. The summed E-state index contributed by atoms with van der Waals surface area (Å²) in [5, 5.41) is 11.5. The lowest BCUT2D eigenvalue weighted by Crippen LogP contribution is -2.30. The fourth-order valence-corrected chi connectivity index (χ4v) is 4.78. The Labute approximate surface area is 219 Å². The van der Waals surface area contributed by atoms with E-state index in [1.807, 2.05) is 13.8 Å². The highest BCUT2D eigenvalue weighted by Crippen LogP contribution is 2.43. The number of aliphatic hydroxyl groups is 1. The maximum atomic E-state index is 13.5. The monoisotopic (exact) mass is 513 g/mol. The molecule has 3 aromatic carbocycles. The van der Waals surface area contributed by atoms with Crippen LogP contribution in [0.4, 0.5) is 5.95 Å². The van der Waals surface area contributed by atoms with E-state index in [0.717, 1.165) is 5.56 Å². The van der Waals surface area contributed by atoms with Gasteiger partial charge in [0.25, 0.3) is 5.78 Å². The standard InChI is InChI=1S/C29H27N3O6/c1-15-13-23(38-5)16(2)12-20(15)26(33)24-25(17-6-8-18(36-3)9-7-17)32(28(35)27(24)34)29-30-21-11-10-19(37-4)14-22(21)31-29/h6-14,25,33H,1-5H3,(H,30,31)/b26-24+. The Morgan fingerprint density at radius 1 is 0.895 bits per heavy atom. The zero-order chi connectivity index (χ0) is 27.1. The van der Waals surface area contributed by atoms with Gasteiger partial charge in [-0.15, -0.1) is 0 Å². The van der Waals surface area contributed by atoms with Crippen molar-refractivity contribution in [2.75, 3.05) is 26.2 Å². The van der Waals surface area contributed by atoms with Crippen molar-refractivity contribution in [3.63, 3.8) is 0 Å². The van der Waals surface area contributed by atoms with Crippen molar-refractivity contribution in [2.24, 2.45) is 0 Å². The highest BCUT2D eigenvalue weighted by atomic mass is 16.5. The molecule has 194 valence electrons. The van der Waals surface area contributed by atoms with Crippen molar-refractivity contribution >= 4 is 34.4 Å². The molecule has 1 amide bonds. The van der Waals surface area contributed by atoms with Crippen LogP contribution in [-0.2, 0) is 9.59 Å². The SMILES string of the molecule is COc1ccc(C2/C(=C(\O)c3cc(C)c(OC)cc3C)C(=O)C(=O)N2c2nc3ccc(OC)cc3[nH]2)cc1. The summed E-state index contributed by atoms with van der Waals surface area (Å²) in [5.74, 6) is 0.180. The number of aliphatic hydroxyl groups excluding tert-OH is 1. The Bertz CT molecular complexity index is 1600. The molecule has 0 saturated carbocycles. The van der Waals surface area contributed by atoms with E-state index >= 15 is 0 Å². The molecule has 4 aromatic rings. The number of nitrogens with one attached hydrogen (secondary N) is 1. The van der Waals surface area contributed by atoms with Crippen molar-refractivity contribution in [1.82, 2.24) is 9.97 Å². The number of hydrogen-bond acceptors (Lipinski definition) is 7. The Balaban J connectivity index is 1.73. The number of aromatic amines is 1. The summed E-state index contributed by atoms with van der Waals surface area (Å²) in [5.41, 5.74) is 3.71. The number of aryl methyl sites for hydroxylation is 2. The Morgan fingerprint density at radius 2 is 1.58 bits per heavy atom. The first-order chi connectivity index (χ1) is 18.3. The van der Waals surface area contributed by atoms with E-state index in [0.29, 0.717) is 45.0 Å². The number of nitrogens with zero attached hydrogens (tertiary/aromatic N) is 2. The number of amides is 1. The van der Waals surface area contributed by atoms with E-state index in [4.69, 9.17) is 14.2 Å². The number of methoxy groups -OCH3 is 3. The maximum absolute atomic E-state index is 13.5. The fourth-order valence-electron chi connectivity index (χ4n) is 4.78. The predicted molar refractivity (Wildman–Crippen MR) is 143 cm³/mol. The van der Waals surface area contributed by atoms with Crippen LogP contribution in [0.3, 0.4) is 0 Å². The van der Waals surface area contributed by atoms with Crippen LogP contribution in [0, 0.1) is 13.8 Å². The van der Waals surface area contributed by atoms with Crippen LogP contribution in [0.5, 0.6) is 17.2 Å². The highest BCUT2D eigenvalue weighted by Gasteiger charge is 2.48. The number of benzene rings is 3. The first-order valence-corrected chi connectivity index (χ1v) is 11.9. The average Bonchev–Trinajstić information content (AvgIpc) is 3.46. The zero-order valence-corrected chi connectivity index (χ0v) is 21.7. The Hall–Kier alpha value is -4.79. The molecule has 5 rings (SSSR count). The lowest BCUT2D eigenvalue weighted by atomic mass is 9.93. The molecule has 38 heavy (non-hydrogen) atoms. The Morgan fingerprint density at radius 3 is 2.24 bits per heavy atom. The van der Waals surface area contributed by atoms with E-state index in [2.05, 4.69) is 9.97 Å². The van der Waals surface area contributed by atoms with Crippen LogP contribution in [0.25, 0.3) is 16.8 Å². The molecule has 1 fully saturated rings. The molecule has 1 aliphatic rings. The summed E-state index contributed by atoms with van der Waals surface area (Å²) in [4.78, 5) is 36.0. The Kier molecular flexibility index (Phi) is 6.28. The van der Waals surface area contributed by atoms with Crippen molar-refractivity contribution in [2.45, 2.75) is 19.9 Å². The van der Waals surface area contributed by atoms with Gasteiger partial charge in [-0.05, 0) is 66.9 Å². The molecule has 2 N–H and O–H groups in total. The largest absolute Gasteiger partial charge is 0.507 e. The topological polar surface area (TPSA) is 114 Å². The van der Waals surface area contributed by atoms with Crippen molar-refractivity contribution in [3.8, 4) is 17.2 Å². The van der Waals surface area contributed by atoms with Crippen LogP contribution in [-0.4, -0.2) is 48.1 Å². The summed E-state index contributed by atoms with van der Waals surface area (Å²) in [6.45, 7) is 3.65. The molecule has 0 bridgehead atoms. The second-order valence-electron chi connectivity index (χ2n) is 9.02. The van der Waals surface area contributed by atoms with Gasteiger partial charge in [0.2, 0.25) is 5.95 Å². The number of hydrogen-bond donors (Lipinski definition) is 2. The van der Waals surface area contributed by atoms with Gasteiger partial charge >= 0.3 is 5.91 Å². The van der Waals surface area contributed by atoms with E-state index < -0.39 is 17.7 Å². The minimum Gasteiger partial charge on any atom is -0.507 e. The number of aromatic nitrogens is 2. The molecular weight excluding hydrogens is 486 g/mol. The number of Topliss-reactive ketones (excluding diaryl/α,β-unsaturated/α-hetero) is 1. The van der Waals surface area contributed by atoms with E-state index in [1.54, 1.807) is 75.9 Å². The van der Waals surface area contributed by atoms with Crippen LogP contribution in [0.2, 0.25) is 0 Å². The van der Waals surface area contributed by atoms with Gasteiger partial charge in [0.05, 0.1) is 44.0 Å². The summed E-state index contributed by atoms with van der Waals surface area (Å²) in [7, 11) is 4.68. The third kappa shape index (κ3) is 4.02. The number of rotatable bonds is 6. The quantitative estimate of drug-likeness (QED) is 0.216. The smallest absolute Gasteiger partial charge is 0.302 e. The van der Waals surface area contributed by atoms with Crippen LogP contribution < -0.4 is 19.1 Å². The fraction of sp³-hybridized carbons (Fsp3) is 0.207. The van der Waals surface area contributed by atoms with Crippen molar-refractivity contribution < 1.29 is 28.9 Å². The van der Waals surface area contributed by atoms with Crippen molar-refractivity contribution in [3.05, 3.63) is 82.4 Å². The normalized spacial score (nSPS) is 16.8. The number of carbonyl (C=O) groups is 2. The van der Waals surface area contributed by atoms with Gasteiger partial charge in [-0.25, -0.2) is 4.98 Å². The molecule has 0 aliphatic carbocycles. The van der Waals surface area contributed by atoms with E-state index in [-0.39, 0.29) is 17.3 Å². The van der Waals surface area contributed by atoms with Gasteiger partial charge in [0, 0.05) is 11.6 Å². The first-order valence-electron chi connectivity index (χ1n) is 11.9. The zero-order valence-electron chi connectivity index (χ0n) is 21.7. The van der Waals surface area contributed by atoms with Gasteiger partial charge in [0.1, 0.15) is 23.0 Å². The van der Waals surface area contributed by atoms with Gasteiger partial charge in [0.15, 0.2) is 0 Å². The minimum absolute atomic E-state index is 0.0362. The molecule has 1 aliphatic heterocycles. The minimum atomic E-state index is -0.940. The number of ether oxygens (including phenoxy) is 3. The van der Waals surface area contributed by atoms with Gasteiger partial charge in [-0.1, -0.05) is 12.1 Å². The number of ketones is 1. The lowest BCUT2D eigenvalue weighted by Gasteiger charge is -2.23. The maximum Gasteiger partial charge on any atom is 0.302 e. The van der Waals surface area contributed by atoms with Crippen molar-refractivity contribution in [1.29, 1.82) is 0 Å². The summed E-state index contributed by atoms with van der Waals surface area (Å²) in [6.07, 6.45) is 0. The highest BCUT2D eigenvalue weighted by molar-refractivity contribution is 6.51. The number of anilines is 1. The molecule has 9 heteroatoms. The molecular formula is C29H27N3O6. The van der Waals surface area contributed by atoms with Gasteiger partial charge in [-0.3, -0.25) is 14.5 Å². The van der Waals surface area contributed by atoms with Crippen LogP contribution in [0.1, 0.15) is 28.3 Å². The molecule has 1 unspecified atom stereocenters. The van der Waals surface area contributed by atoms with Crippen LogP contribution in [0.15, 0.2) is 60.2 Å². The second kappa shape index (κ2) is 9.59. The number of imidazole rings is 1. The second-order valence-corrected chi connectivity index (χ2v) is 9.02. The number of carbonyl (C=O) groups excluding carboxylic acids is 2. The van der Waals surface area contributed by atoms with Gasteiger partial charge < -0.3 is 24.3 Å². The molecule has 0 spiro atoms. The van der Waals surface area contributed by atoms with Gasteiger partial charge in [-0.2, -0.15) is 0 Å². The average molecular weight is 514 g/mol. The van der Waals surface area contributed by atoms with E-state index in [1.165, 1.54) is 4.90 Å². The first kappa shape index (κ1) is 24.9. The number of fused-ring (bicyclic) bond motifs is 1. The predicted octanol–water partition coefficient (Wildman–Crippen LogP) is 4.83. The molecule has 0 radical (unpaired) electrons. The summed E-state index contributed by atoms with van der Waals surface area (Å²) in [6, 6.07) is 14.9. The molecule has 1 saturated heterocycles. The third-order valence-corrected chi connectivity index (χ3v) is 6.78. The summed E-state index contributed by atoms with van der Waals surface area (Å²) >= 11 is 0. The molecule has 2 heterocycles. The molecule has 9 nitrogen and oxygen atoms in total.